The van der Waals surface area contributed by atoms with Crippen molar-refractivity contribution in [1.82, 2.24) is 14.8 Å². The first-order valence-electron chi connectivity index (χ1n) is 10.2. The predicted molar refractivity (Wildman–Crippen MR) is 111 cm³/mol. The van der Waals surface area contributed by atoms with Gasteiger partial charge >= 0.3 is 0 Å². The Bertz CT molecular complexity index is 1040. The molecule has 0 atom stereocenters. The second-order valence-corrected chi connectivity index (χ2v) is 8.74. The summed E-state index contributed by atoms with van der Waals surface area (Å²) in [4.78, 5) is 16.7. The van der Waals surface area contributed by atoms with Gasteiger partial charge in [-0.05, 0) is 57.6 Å². The maximum absolute atomic E-state index is 12.6. The van der Waals surface area contributed by atoms with Crippen molar-refractivity contribution in [2.45, 2.75) is 65.0 Å². The lowest BCUT2D eigenvalue weighted by Gasteiger charge is -2.26. The van der Waals surface area contributed by atoms with Gasteiger partial charge in [-0.15, -0.1) is 0 Å². The van der Waals surface area contributed by atoms with E-state index in [1.165, 1.54) is 19.1 Å². The van der Waals surface area contributed by atoms with Crippen molar-refractivity contribution in [1.29, 1.82) is 0 Å². The van der Waals surface area contributed by atoms with Crippen LogP contribution in [0.2, 0.25) is 0 Å². The molecule has 0 radical (unpaired) electrons. The summed E-state index contributed by atoms with van der Waals surface area (Å²) in [5.74, 6) is 0.830. The van der Waals surface area contributed by atoms with Crippen LogP contribution in [0.4, 0.5) is 5.69 Å². The first kappa shape index (κ1) is 19.6. The lowest BCUT2D eigenvalue weighted by atomic mass is 9.87. The van der Waals surface area contributed by atoms with Gasteiger partial charge in [0.1, 0.15) is 6.26 Å². The molecule has 0 saturated heterocycles. The van der Waals surface area contributed by atoms with Crippen LogP contribution in [0.25, 0.3) is 10.9 Å². The number of aromatic nitrogens is 3. The van der Waals surface area contributed by atoms with Crippen molar-refractivity contribution < 1.29 is 14.3 Å². The van der Waals surface area contributed by atoms with E-state index in [2.05, 4.69) is 21.9 Å². The normalized spacial score (nSPS) is 20.2. The largest absolute Gasteiger partial charge is 0.448 e. The Hall–Kier alpha value is -2.67. The maximum atomic E-state index is 12.6. The predicted octanol–water partition coefficient (Wildman–Crippen LogP) is 4.56. The quantitative estimate of drug-likeness (QED) is 0.674. The summed E-state index contributed by atoms with van der Waals surface area (Å²) >= 11 is 0. The number of nitrogens with zero attached hydrogens (tertiary/aromatic N) is 3. The van der Waals surface area contributed by atoms with Crippen molar-refractivity contribution in [3.05, 3.63) is 41.7 Å². The van der Waals surface area contributed by atoms with Crippen LogP contribution >= 0.6 is 0 Å². The van der Waals surface area contributed by atoms with Crippen molar-refractivity contribution in [3.8, 4) is 0 Å². The molecule has 2 heterocycles. The van der Waals surface area contributed by atoms with Gasteiger partial charge in [-0.1, -0.05) is 6.92 Å². The monoisotopic (exact) mass is 396 g/mol. The molecule has 7 nitrogen and oxygen atoms in total. The second kappa shape index (κ2) is 7.30. The van der Waals surface area contributed by atoms with E-state index in [1.807, 2.05) is 18.3 Å². The molecule has 3 aromatic rings. The molecule has 2 N–H and O–H groups in total. The third kappa shape index (κ3) is 4.05. The van der Waals surface area contributed by atoms with Crippen LogP contribution in [0.1, 0.15) is 74.4 Å². The molecule has 0 spiro atoms. The topological polar surface area (TPSA) is 93.2 Å². The molecule has 29 heavy (non-hydrogen) atoms. The smallest absolute Gasteiger partial charge is 0.277 e. The summed E-state index contributed by atoms with van der Waals surface area (Å²) < 4.78 is 7.19. The molecule has 0 unspecified atom stereocenters. The molecule has 1 aliphatic carbocycles. The highest BCUT2D eigenvalue weighted by atomic mass is 16.3. The fourth-order valence-corrected chi connectivity index (χ4v) is 4.05. The van der Waals surface area contributed by atoms with E-state index < -0.39 is 5.60 Å². The minimum atomic E-state index is -1.14. The number of nitrogens with one attached hydrogen (secondary N) is 1. The number of aryl methyl sites for hydroxylation is 1. The highest BCUT2D eigenvalue weighted by Gasteiger charge is 2.25. The third-order valence-corrected chi connectivity index (χ3v) is 5.78. The molecule has 1 fully saturated rings. The van der Waals surface area contributed by atoms with Gasteiger partial charge in [-0.3, -0.25) is 9.48 Å². The Morgan fingerprint density at radius 3 is 2.62 bits per heavy atom. The number of hydrogen-bond acceptors (Lipinski definition) is 5. The number of amides is 1. The maximum Gasteiger partial charge on any atom is 0.277 e. The van der Waals surface area contributed by atoms with Gasteiger partial charge in [0.05, 0.1) is 17.2 Å². The summed E-state index contributed by atoms with van der Waals surface area (Å²) in [6.45, 7) is 7.38. The molecule has 7 heteroatoms. The molecule has 4 rings (SSSR count). The van der Waals surface area contributed by atoms with E-state index in [1.54, 1.807) is 20.8 Å². The molecule has 1 aromatic carbocycles. The number of anilines is 1. The number of oxazole rings is 1. The highest BCUT2D eigenvalue weighted by molar-refractivity contribution is 6.04. The molecule has 1 aliphatic rings. The number of carbonyl (C=O) groups is 1. The van der Waals surface area contributed by atoms with Crippen LogP contribution in [0.5, 0.6) is 0 Å². The zero-order valence-electron chi connectivity index (χ0n) is 17.4. The third-order valence-electron chi connectivity index (χ3n) is 5.78. The molecule has 2 aromatic heterocycles. The van der Waals surface area contributed by atoms with Gasteiger partial charge in [0.15, 0.2) is 11.6 Å². The van der Waals surface area contributed by atoms with Gasteiger partial charge < -0.3 is 14.8 Å². The summed E-state index contributed by atoms with van der Waals surface area (Å²) in [7, 11) is 0. The molecule has 154 valence electrons. The Balaban J connectivity index is 1.69. The summed E-state index contributed by atoms with van der Waals surface area (Å²) in [5, 5.41) is 19.3. The SMILES string of the molecule is Cc1nc(C(=O)Nc2cc3cn(C4CCC(C)CC4)nc3cc2C(C)(C)O)co1. The van der Waals surface area contributed by atoms with E-state index in [-0.39, 0.29) is 11.6 Å². The molecule has 0 aliphatic heterocycles. The zero-order chi connectivity index (χ0) is 20.8. The van der Waals surface area contributed by atoms with Gasteiger partial charge in [0.25, 0.3) is 5.91 Å². The van der Waals surface area contributed by atoms with Gasteiger partial charge in [0, 0.05) is 29.8 Å². The van der Waals surface area contributed by atoms with Crippen molar-refractivity contribution in [3.63, 3.8) is 0 Å². The minimum Gasteiger partial charge on any atom is -0.448 e. The average Bonchev–Trinajstić information content (AvgIpc) is 3.26. The fourth-order valence-electron chi connectivity index (χ4n) is 4.05. The van der Waals surface area contributed by atoms with Crippen LogP contribution in [0.15, 0.2) is 29.0 Å². The van der Waals surface area contributed by atoms with Crippen LogP contribution in [-0.2, 0) is 5.60 Å². The van der Waals surface area contributed by atoms with Crippen LogP contribution in [0.3, 0.4) is 0 Å². The van der Waals surface area contributed by atoms with Crippen molar-refractivity contribution in [2.75, 3.05) is 5.32 Å². The number of aliphatic hydroxyl groups is 1. The lowest BCUT2D eigenvalue weighted by Crippen LogP contribution is -2.21. The lowest BCUT2D eigenvalue weighted by molar-refractivity contribution is 0.0793. The first-order chi connectivity index (χ1) is 13.7. The van der Waals surface area contributed by atoms with Gasteiger partial charge in [-0.2, -0.15) is 5.10 Å². The van der Waals surface area contributed by atoms with Crippen molar-refractivity contribution >= 4 is 22.5 Å². The Labute approximate surface area is 170 Å². The van der Waals surface area contributed by atoms with E-state index in [0.717, 1.165) is 29.7 Å². The molecular formula is C22H28N4O3. The second-order valence-electron chi connectivity index (χ2n) is 8.74. The van der Waals surface area contributed by atoms with E-state index in [0.29, 0.717) is 23.2 Å². The van der Waals surface area contributed by atoms with E-state index in [9.17, 15) is 9.90 Å². The summed E-state index contributed by atoms with van der Waals surface area (Å²) in [6.07, 6.45) is 8.06. The van der Waals surface area contributed by atoms with Crippen molar-refractivity contribution in [2.24, 2.45) is 5.92 Å². The van der Waals surface area contributed by atoms with E-state index >= 15 is 0 Å². The van der Waals surface area contributed by atoms with Gasteiger partial charge in [-0.25, -0.2) is 4.98 Å². The fraction of sp³-hybridized carbons (Fsp3) is 0.500. The van der Waals surface area contributed by atoms with Crippen LogP contribution < -0.4 is 5.32 Å². The Morgan fingerprint density at radius 2 is 2.00 bits per heavy atom. The Kier molecular flexibility index (Phi) is 4.94. The van der Waals surface area contributed by atoms with E-state index in [4.69, 9.17) is 9.52 Å². The summed E-state index contributed by atoms with van der Waals surface area (Å²) in [5.41, 5.74) is 1.04. The van der Waals surface area contributed by atoms with Crippen LogP contribution in [0, 0.1) is 12.8 Å². The highest BCUT2D eigenvalue weighted by Crippen LogP contribution is 2.35. The number of hydrogen-bond donors (Lipinski definition) is 2. The first-order valence-corrected chi connectivity index (χ1v) is 10.2. The van der Waals surface area contributed by atoms with Crippen LogP contribution in [-0.4, -0.2) is 25.8 Å². The number of rotatable bonds is 4. The standard InChI is InChI=1S/C22H28N4O3/c1-13-5-7-16(8-6-13)26-11-15-9-19(17(22(3,4)28)10-18(15)25-26)24-21(27)20-12-29-14(2)23-20/h9-13,16,28H,5-8H2,1-4H3,(H,24,27). The molecule has 1 amide bonds. The van der Waals surface area contributed by atoms with Gasteiger partial charge in [0.2, 0.25) is 0 Å². The molecular weight excluding hydrogens is 368 g/mol. The number of carbonyl (C=O) groups excluding carboxylic acids is 1. The zero-order valence-corrected chi connectivity index (χ0v) is 17.4. The molecule has 0 bridgehead atoms. The average molecular weight is 396 g/mol. The number of benzene rings is 1. The number of fused-ring (bicyclic) bond motifs is 1. The Morgan fingerprint density at radius 1 is 1.28 bits per heavy atom. The summed E-state index contributed by atoms with van der Waals surface area (Å²) in [6, 6.07) is 4.14. The molecule has 1 saturated carbocycles. The minimum absolute atomic E-state index is 0.205.